The van der Waals surface area contributed by atoms with E-state index in [2.05, 4.69) is 158 Å². The minimum absolute atomic E-state index is 0.638. The zero-order valence-corrected chi connectivity index (χ0v) is 27.2. The summed E-state index contributed by atoms with van der Waals surface area (Å²) in [5.74, 6) is 1.93. The molecule has 0 saturated heterocycles. The molecule has 9 aromatic rings. The number of fused-ring (bicyclic) bond motifs is 2. The first-order chi connectivity index (χ1) is 24.8. The number of hydrogen-bond donors (Lipinski definition) is 0. The second-order valence-corrected chi connectivity index (χ2v) is 12.4. The van der Waals surface area contributed by atoms with Crippen LogP contribution in [0.1, 0.15) is 0 Å². The van der Waals surface area contributed by atoms with Crippen LogP contribution in [0.3, 0.4) is 0 Å². The van der Waals surface area contributed by atoms with E-state index in [1.54, 1.807) is 0 Å². The summed E-state index contributed by atoms with van der Waals surface area (Å²) in [6.07, 6.45) is 0. The lowest BCUT2D eigenvalue weighted by Crippen LogP contribution is -2.00. The SMILES string of the molecule is c1ccc(-c2nc(-c3cccc(-c4ccc(-c5ccccc5)c5ccccc45)c3)nc(-c3ccc4c(-c5ccccc5)cccc4c3)n2)cc1. The Bertz CT molecular complexity index is 2630. The fourth-order valence-electron chi connectivity index (χ4n) is 6.89. The topological polar surface area (TPSA) is 38.7 Å². The van der Waals surface area contributed by atoms with Crippen molar-refractivity contribution >= 4 is 21.5 Å². The van der Waals surface area contributed by atoms with Crippen LogP contribution in [0.15, 0.2) is 188 Å². The molecule has 0 radical (unpaired) electrons. The first-order valence-electron chi connectivity index (χ1n) is 16.9. The minimum Gasteiger partial charge on any atom is -0.208 e. The summed E-state index contributed by atoms with van der Waals surface area (Å²) in [4.78, 5) is 15.2. The Morgan fingerprint density at radius 1 is 0.240 bits per heavy atom. The van der Waals surface area contributed by atoms with Crippen LogP contribution < -0.4 is 0 Å². The molecule has 3 heteroatoms. The number of aromatic nitrogens is 3. The molecule has 0 saturated carbocycles. The van der Waals surface area contributed by atoms with Crippen LogP contribution in [-0.2, 0) is 0 Å². The lowest BCUT2D eigenvalue weighted by Gasteiger charge is -2.13. The third-order valence-corrected chi connectivity index (χ3v) is 9.33. The van der Waals surface area contributed by atoms with Gasteiger partial charge in [-0.1, -0.05) is 176 Å². The van der Waals surface area contributed by atoms with Gasteiger partial charge in [0.25, 0.3) is 0 Å². The van der Waals surface area contributed by atoms with Gasteiger partial charge in [0.2, 0.25) is 0 Å². The standard InChI is InChI=1S/C47H31N3/c1-4-14-32(15-5-1)39-25-13-21-35-31-38(26-27-41(35)39)47-49-45(34-18-8-3-9-19-34)48-46(50-47)37-22-12-20-36(30-37)42-29-28-40(33-16-6-2-7-17-33)43-23-10-11-24-44(42)43/h1-31H. The maximum absolute atomic E-state index is 5.12. The van der Waals surface area contributed by atoms with Crippen molar-refractivity contribution in [2.45, 2.75) is 0 Å². The highest BCUT2D eigenvalue weighted by molar-refractivity contribution is 6.05. The quantitative estimate of drug-likeness (QED) is 0.182. The van der Waals surface area contributed by atoms with Gasteiger partial charge < -0.3 is 0 Å². The van der Waals surface area contributed by atoms with Crippen molar-refractivity contribution in [3.63, 3.8) is 0 Å². The van der Waals surface area contributed by atoms with E-state index in [1.807, 2.05) is 30.3 Å². The summed E-state index contributed by atoms with van der Waals surface area (Å²) < 4.78 is 0. The van der Waals surface area contributed by atoms with Crippen LogP contribution in [-0.4, -0.2) is 15.0 Å². The molecular weight excluding hydrogens is 607 g/mol. The van der Waals surface area contributed by atoms with E-state index in [9.17, 15) is 0 Å². The molecule has 0 N–H and O–H groups in total. The molecule has 9 rings (SSSR count). The molecule has 0 aliphatic carbocycles. The van der Waals surface area contributed by atoms with Crippen LogP contribution in [0.25, 0.3) is 89.1 Å². The van der Waals surface area contributed by atoms with Crippen molar-refractivity contribution in [2.75, 3.05) is 0 Å². The van der Waals surface area contributed by atoms with Crippen LogP contribution in [0.2, 0.25) is 0 Å². The molecule has 1 aromatic heterocycles. The fourth-order valence-corrected chi connectivity index (χ4v) is 6.89. The fraction of sp³-hybridized carbons (Fsp3) is 0. The molecule has 0 aliphatic heterocycles. The van der Waals surface area contributed by atoms with E-state index >= 15 is 0 Å². The molecule has 3 nitrogen and oxygen atoms in total. The number of rotatable bonds is 6. The smallest absolute Gasteiger partial charge is 0.164 e. The largest absolute Gasteiger partial charge is 0.208 e. The van der Waals surface area contributed by atoms with Crippen LogP contribution in [0.4, 0.5) is 0 Å². The molecule has 0 bridgehead atoms. The predicted octanol–water partition coefficient (Wildman–Crippen LogP) is 12.2. The van der Waals surface area contributed by atoms with Gasteiger partial charge in [-0.05, 0) is 67.1 Å². The Kier molecular flexibility index (Phi) is 7.49. The Balaban J connectivity index is 1.17. The van der Waals surface area contributed by atoms with Gasteiger partial charge in [-0.25, -0.2) is 15.0 Å². The maximum atomic E-state index is 5.12. The predicted molar refractivity (Wildman–Crippen MR) is 207 cm³/mol. The summed E-state index contributed by atoms with van der Waals surface area (Å²) in [5, 5.41) is 4.76. The maximum Gasteiger partial charge on any atom is 0.164 e. The highest BCUT2D eigenvalue weighted by Gasteiger charge is 2.15. The van der Waals surface area contributed by atoms with Crippen LogP contribution >= 0.6 is 0 Å². The van der Waals surface area contributed by atoms with Gasteiger partial charge in [-0.2, -0.15) is 0 Å². The molecule has 0 aliphatic rings. The van der Waals surface area contributed by atoms with E-state index in [0.29, 0.717) is 17.5 Å². The third-order valence-electron chi connectivity index (χ3n) is 9.33. The molecule has 0 fully saturated rings. The first-order valence-corrected chi connectivity index (χ1v) is 16.9. The Hall–Kier alpha value is -6.71. The molecule has 1 heterocycles. The van der Waals surface area contributed by atoms with Crippen molar-refractivity contribution in [2.24, 2.45) is 0 Å². The summed E-state index contributed by atoms with van der Waals surface area (Å²) in [6, 6.07) is 65.8. The molecule has 8 aromatic carbocycles. The average molecular weight is 638 g/mol. The van der Waals surface area contributed by atoms with Crippen molar-refractivity contribution in [3.8, 4) is 67.5 Å². The van der Waals surface area contributed by atoms with Gasteiger partial charge in [-0.15, -0.1) is 0 Å². The highest BCUT2D eigenvalue weighted by atomic mass is 15.0. The molecule has 234 valence electrons. The van der Waals surface area contributed by atoms with Crippen molar-refractivity contribution in [1.82, 2.24) is 15.0 Å². The van der Waals surface area contributed by atoms with E-state index in [-0.39, 0.29) is 0 Å². The van der Waals surface area contributed by atoms with Gasteiger partial charge in [-0.3, -0.25) is 0 Å². The number of benzene rings is 8. The third kappa shape index (κ3) is 5.51. The van der Waals surface area contributed by atoms with E-state index in [1.165, 1.54) is 44.0 Å². The molecule has 0 amide bonds. The van der Waals surface area contributed by atoms with Gasteiger partial charge >= 0.3 is 0 Å². The highest BCUT2D eigenvalue weighted by Crippen LogP contribution is 2.37. The second kappa shape index (κ2) is 12.7. The molecule has 0 spiro atoms. The number of nitrogens with zero attached hydrogens (tertiary/aromatic N) is 3. The first kappa shape index (κ1) is 29.4. The summed E-state index contributed by atoms with van der Waals surface area (Å²) in [6.45, 7) is 0. The normalized spacial score (nSPS) is 11.2. The van der Waals surface area contributed by atoms with Crippen molar-refractivity contribution < 1.29 is 0 Å². The lowest BCUT2D eigenvalue weighted by atomic mass is 9.91. The molecule has 50 heavy (non-hydrogen) atoms. The zero-order chi connectivity index (χ0) is 33.3. The average Bonchev–Trinajstić information content (AvgIpc) is 3.21. The summed E-state index contributed by atoms with van der Waals surface area (Å²) in [7, 11) is 0. The van der Waals surface area contributed by atoms with E-state index < -0.39 is 0 Å². The summed E-state index contributed by atoms with van der Waals surface area (Å²) >= 11 is 0. The molecule has 0 unspecified atom stereocenters. The van der Waals surface area contributed by atoms with E-state index in [4.69, 9.17) is 15.0 Å². The monoisotopic (exact) mass is 637 g/mol. The Labute approximate surface area is 291 Å². The van der Waals surface area contributed by atoms with Gasteiger partial charge in [0.1, 0.15) is 0 Å². The lowest BCUT2D eigenvalue weighted by molar-refractivity contribution is 1.07. The van der Waals surface area contributed by atoms with Crippen molar-refractivity contribution in [3.05, 3.63) is 188 Å². The summed E-state index contributed by atoms with van der Waals surface area (Å²) in [5.41, 5.74) is 9.95. The van der Waals surface area contributed by atoms with Gasteiger partial charge in [0.05, 0.1) is 0 Å². The van der Waals surface area contributed by atoms with Crippen LogP contribution in [0.5, 0.6) is 0 Å². The second-order valence-electron chi connectivity index (χ2n) is 12.4. The minimum atomic E-state index is 0.638. The van der Waals surface area contributed by atoms with Gasteiger partial charge in [0.15, 0.2) is 17.5 Å². The van der Waals surface area contributed by atoms with E-state index in [0.717, 1.165) is 27.6 Å². The molecular formula is C47H31N3. The molecule has 0 atom stereocenters. The number of hydrogen-bond acceptors (Lipinski definition) is 3. The zero-order valence-electron chi connectivity index (χ0n) is 27.2. The Morgan fingerprint density at radius 3 is 1.30 bits per heavy atom. The Morgan fingerprint density at radius 2 is 0.680 bits per heavy atom. The van der Waals surface area contributed by atoms with Crippen molar-refractivity contribution in [1.29, 1.82) is 0 Å². The van der Waals surface area contributed by atoms with Crippen LogP contribution in [0, 0.1) is 0 Å². The van der Waals surface area contributed by atoms with Gasteiger partial charge in [0, 0.05) is 16.7 Å².